The number of anilines is 1. The summed E-state index contributed by atoms with van der Waals surface area (Å²) in [6.45, 7) is 0.637. The van der Waals surface area contributed by atoms with Crippen LogP contribution in [0, 0.1) is 11.8 Å². The van der Waals surface area contributed by atoms with Gasteiger partial charge in [0.15, 0.2) is 5.82 Å². The zero-order valence-corrected chi connectivity index (χ0v) is 16.4. The summed E-state index contributed by atoms with van der Waals surface area (Å²) < 4.78 is 0. The maximum Gasteiger partial charge on any atom is 0.223 e. The molecule has 0 bridgehead atoms. The van der Waals surface area contributed by atoms with Gasteiger partial charge in [-0.15, -0.1) is 0 Å². The molecule has 2 N–H and O–H groups in total. The van der Waals surface area contributed by atoms with Gasteiger partial charge < -0.3 is 5.32 Å². The van der Waals surface area contributed by atoms with Crippen molar-refractivity contribution < 1.29 is 0 Å². The molecular formula is C24H17N7. The molecule has 0 aliphatic carbocycles. The molecule has 0 atom stereocenters. The average molecular weight is 403 g/mol. The molecule has 0 saturated carbocycles. The number of benzene rings is 2. The number of nitrogens with one attached hydrogen (secondary N) is 2. The SMILES string of the molecule is C(#Cc1ccnc(-c2ccnc(NCc3ccccc3)n2)n1)c1ccc2[nH]ncc2c1. The quantitative estimate of drug-likeness (QED) is 0.443. The third kappa shape index (κ3) is 4.38. The Kier molecular flexibility index (Phi) is 5.02. The zero-order valence-electron chi connectivity index (χ0n) is 16.4. The maximum absolute atomic E-state index is 4.55. The van der Waals surface area contributed by atoms with Crippen molar-refractivity contribution in [2.24, 2.45) is 0 Å². The maximum atomic E-state index is 4.55. The first-order valence-corrected chi connectivity index (χ1v) is 9.73. The fourth-order valence-corrected chi connectivity index (χ4v) is 3.05. The van der Waals surface area contributed by atoms with E-state index >= 15 is 0 Å². The second kappa shape index (κ2) is 8.43. The van der Waals surface area contributed by atoms with Crippen LogP contribution in [0.25, 0.3) is 22.4 Å². The Bertz CT molecular complexity index is 1400. The lowest BCUT2D eigenvalue weighted by molar-refractivity contribution is 1.04. The van der Waals surface area contributed by atoms with Crippen molar-refractivity contribution in [3.05, 3.63) is 96.1 Å². The number of aromatic amines is 1. The van der Waals surface area contributed by atoms with E-state index in [9.17, 15) is 0 Å². The molecule has 148 valence electrons. The van der Waals surface area contributed by atoms with E-state index < -0.39 is 0 Å². The summed E-state index contributed by atoms with van der Waals surface area (Å²) in [5.41, 5.74) is 4.28. The third-order valence-electron chi connectivity index (χ3n) is 4.61. The van der Waals surface area contributed by atoms with Crippen molar-refractivity contribution in [3.8, 4) is 23.4 Å². The highest BCUT2D eigenvalue weighted by Crippen LogP contribution is 2.14. The summed E-state index contributed by atoms with van der Waals surface area (Å²) in [6.07, 6.45) is 5.16. The van der Waals surface area contributed by atoms with Gasteiger partial charge in [-0.1, -0.05) is 36.3 Å². The van der Waals surface area contributed by atoms with Crippen LogP contribution in [-0.4, -0.2) is 30.1 Å². The van der Waals surface area contributed by atoms with Crippen LogP contribution in [0.3, 0.4) is 0 Å². The molecule has 31 heavy (non-hydrogen) atoms. The lowest BCUT2D eigenvalue weighted by atomic mass is 10.1. The summed E-state index contributed by atoms with van der Waals surface area (Å²) >= 11 is 0. The smallest absolute Gasteiger partial charge is 0.223 e. The van der Waals surface area contributed by atoms with Gasteiger partial charge in [0, 0.05) is 29.9 Å². The van der Waals surface area contributed by atoms with Gasteiger partial charge in [0.25, 0.3) is 0 Å². The van der Waals surface area contributed by atoms with Crippen molar-refractivity contribution >= 4 is 16.9 Å². The second-order valence-electron chi connectivity index (χ2n) is 6.79. The lowest BCUT2D eigenvalue weighted by Gasteiger charge is -2.06. The Morgan fingerprint density at radius 3 is 2.71 bits per heavy atom. The monoisotopic (exact) mass is 403 g/mol. The predicted molar refractivity (Wildman–Crippen MR) is 119 cm³/mol. The van der Waals surface area contributed by atoms with E-state index in [1.807, 2.05) is 48.5 Å². The minimum Gasteiger partial charge on any atom is -0.350 e. The van der Waals surface area contributed by atoms with Crippen LogP contribution in [0.1, 0.15) is 16.8 Å². The van der Waals surface area contributed by atoms with Crippen molar-refractivity contribution in [1.82, 2.24) is 30.1 Å². The molecule has 0 spiro atoms. The molecule has 0 amide bonds. The van der Waals surface area contributed by atoms with Gasteiger partial charge >= 0.3 is 0 Å². The lowest BCUT2D eigenvalue weighted by Crippen LogP contribution is -2.04. The standard InChI is InChI=1S/C24H17N7/c1-2-4-18(5-3-1)15-27-24-26-13-11-22(30-24)23-25-12-10-20(29-23)8-6-17-7-9-21-19(14-17)16-28-31-21/h1-5,7,9-14,16H,15H2,(H,28,31)(H,26,27,30). The second-order valence-corrected chi connectivity index (χ2v) is 6.79. The molecule has 3 aromatic heterocycles. The van der Waals surface area contributed by atoms with E-state index in [2.05, 4.69) is 47.3 Å². The van der Waals surface area contributed by atoms with Gasteiger partial charge in [0.2, 0.25) is 5.95 Å². The molecule has 0 radical (unpaired) electrons. The highest BCUT2D eigenvalue weighted by molar-refractivity contribution is 5.79. The van der Waals surface area contributed by atoms with Gasteiger partial charge in [-0.3, -0.25) is 5.10 Å². The highest BCUT2D eigenvalue weighted by atomic mass is 15.1. The van der Waals surface area contributed by atoms with Crippen molar-refractivity contribution in [1.29, 1.82) is 0 Å². The Morgan fingerprint density at radius 1 is 0.871 bits per heavy atom. The van der Waals surface area contributed by atoms with E-state index in [0.717, 1.165) is 22.0 Å². The molecule has 7 nitrogen and oxygen atoms in total. The van der Waals surface area contributed by atoms with E-state index in [1.165, 1.54) is 0 Å². The zero-order chi connectivity index (χ0) is 20.9. The first-order valence-electron chi connectivity index (χ1n) is 9.73. The highest BCUT2D eigenvalue weighted by Gasteiger charge is 2.06. The van der Waals surface area contributed by atoms with Gasteiger partial charge in [-0.05, 0) is 41.8 Å². The van der Waals surface area contributed by atoms with Gasteiger partial charge in [0.05, 0.1) is 11.7 Å². The van der Waals surface area contributed by atoms with E-state index in [-0.39, 0.29) is 0 Å². The number of fused-ring (bicyclic) bond motifs is 1. The van der Waals surface area contributed by atoms with Crippen LogP contribution < -0.4 is 5.32 Å². The van der Waals surface area contributed by atoms with E-state index in [1.54, 1.807) is 30.7 Å². The largest absolute Gasteiger partial charge is 0.350 e. The van der Waals surface area contributed by atoms with E-state index in [0.29, 0.717) is 29.7 Å². The number of hydrogen-bond donors (Lipinski definition) is 2. The molecule has 0 aliphatic rings. The number of rotatable bonds is 4. The summed E-state index contributed by atoms with van der Waals surface area (Å²) in [5, 5.41) is 11.2. The summed E-state index contributed by atoms with van der Waals surface area (Å²) in [5.74, 6) is 7.27. The van der Waals surface area contributed by atoms with Crippen molar-refractivity contribution in [3.63, 3.8) is 0 Å². The van der Waals surface area contributed by atoms with Crippen LogP contribution in [0.4, 0.5) is 5.95 Å². The van der Waals surface area contributed by atoms with Gasteiger partial charge in [-0.2, -0.15) is 5.10 Å². The minimum atomic E-state index is 0.502. The van der Waals surface area contributed by atoms with Crippen LogP contribution >= 0.6 is 0 Å². The number of hydrogen-bond acceptors (Lipinski definition) is 6. The van der Waals surface area contributed by atoms with Crippen LogP contribution in [0.5, 0.6) is 0 Å². The molecule has 0 saturated heterocycles. The first-order chi connectivity index (χ1) is 15.3. The van der Waals surface area contributed by atoms with Crippen molar-refractivity contribution in [2.45, 2.75) is 6.54 Å². The predicted octanol–water partition coefficient (Wildman–Crippen LogP) is 3.82. The molecule has 0 unspecified atom stereocenters. The van der Waals surface area contributed by atoms with Crippen LogP contribution in [0.15, 0.2) is 79.3 Å². The molecule has 2 aromatic carbocycles. The Morgan fingerprint density at radius 2 is 1.77 bits per heavy atom. The molecule has 3 heterocycles. The fraction of sp³-hybridized carbons (Fsp3) is 0.0417. The van der Waals surface area contributed by atoms with Crippen LogP contribution in [-0.2, 0) is 6.54 Å². The molecular weight excluding hydrogens is 386 g/mol. The summed E-state index contributed by atoms with van der Waals surface area (Å²) in [7, 11) is 0. The number of nitrogens with zero attached hydrogens (tertiary/aromatic N) is 5. The fourth-order valence-electron chi connectivity index (χ4n) is 3.05. The number of H-pyrrole nitrogens is 1. The van der Waals surface area contributed by atoms with E-state index in [4.69, 9.17) is 0 Å². The molecule has 0 fully saturated rings. The van der Waals surface area contributed by atoms with Crippen LogP contribution in [0.2, 0.25) is 0 Å². The normalized spacial score (nSPS) is 10.5. The van der Waals surface area contributed by atoms with Gasteiger partial charge in [0.1, 0.15) is 11.4 Å². The van der Waals surface area contributed by atoms with Gasteiger partial charge in [-0.25, -0.2) is 19.9 Å². The third-order valence-corrected chi connectivity index (χ3v) is 4.61. The Hall–Kier alpha value is -4.57. The summed E-state index contributed by atoms with van der Waals surface area (Å²) in [4.78, 5) is 17.7. The average Bonchev–Trinajstić information content (AvgIpc) is 3.30. The molecule has 5 rings (SSSR count). The number of aromatic nitrogens is 6. The first kappa shape index (κ1) is 18.5. The molecule has 0 aliphatic heterocycles. The Balaban J connectivity index is 1.35. The van der Waals surface area contributed by atoms with Crippen molar-refractivity contribution in [2.75, 3.05) is 5.32 Å². The molecule has 7 heteroatoms. The Labute approximate surface area is 178 Å². The summed E-state index contributed by atoms with van der Waals surface area (Å²) in [6, 6.07) is 19.6. The topological polar surface area (TPSA) is 92.3 Å². The molecule has 5 aromatic rings. The minimum absolute atomic E-state index is 0.502.